The van der Waals surface area contributed by atoms with Gasteiger partial charge in [-0.25, -0.2) is 9.50 Å². The maximum absolute atomic E-state index is 13.0. The van der Waals surface area contributed by atoms with E-state index in [1.165, 1.54) is 11.3 Å². The van der Waals surface area contributed by atoms with Gasteiger partial charge in [0.2, 0.25) is 0 Å². The van der Waals surface area contributed by atoms with Crippen LogP contribution in [0.15, 0.2) is 6.07 Å². The molecule has 0 spiro atoms. The van der Waals surface area contributed by atoms with Gasteiger partial charge < -0.3 is 5.32 Å². The van der Waals surface area contributed by atoms with Crippen molar-refractivity contribution < 1.29 is 13.2 Å². The number of hydrogen-bond acceptors (Lipinski definition) is 3. The summed E-state index contributed by atoms with van der Waals surface area (Å²) in [6.07, 6.45) is -0.305. The number of nitrogens with zero attached hydrogens (tertiary/aromatic N) is 3. The first kappa shape index (κ1) is 18.7. The molecular weight excluding hydrogens is 353 g/mol. The average molecular weight is 380 g/mol. The second-order valence-electron chi connectivity index (χ2n) is 8.18. The summed E-state index contributed by atoms with van der Waals surface area (Å²) in [5.41, 5.74) is 5.12. The third kappa shape index (κ3) is 3.58. The molecule has 1 saturated carbocycles. The number of halogens is 3. The number of nitrogens with one attached hydrogen (secondary N) is 1. The molecular formula is C20H27F3N4. The molecule has 1 aliphatic carbocycles. The zero-order chi connectivity index (χ0) is 19.2. The first-order chi connectivity index (χ1) is 12.8. The molecule has 3 heterocycles. The van der Waals surface area contributed by atoms with Crippen LogP contribution in [0.3, 0.4) is 0 Å². The monoisotopic (exact) mass is 380 g/mol. The normalized spacial score (nSPS) is 27.2. The van der Waals surface area contributed by atoms with E-state index >= 15 is 0 Å². The van der Waals surface area contributed by atoms with E-state index in [1.807, 2.05) is 17.5 Å². The summed E-state index contributed by atoms with van der Waals surface area (Å²) in [6, 6.07) is 1.99. The minimum Gasteiger partial charge on any atom is -0.316 e. The van der Waals surface area contributed by atoms with E-state index in [0.29, 0.717) is 18.8 Å². The smallest absolute Gasteiger partial charge is 0.316 e. The van der Waals surface area contributed by atoms with Crippen molar-refractivity contribution in [3.05, 3.63) is 28.7 Å². The van der Waals surface area contributed by atoms with Crippen LogP contribution < -0.4 is 5.32 Å². The molecule has 4 nitrogen and oxygen atoms in total. The number of piperidine rings is 1. The summed E-state index contributed by atoms with van der Waals surface area (Å²) < 4.78 is 40.8. The van der Waals surface area contributed by atoms with Crippen LogP contribution in [0.4, 0.5) is 13.2 Å². The molecule has 2 aromatic heterocycles. The quantitative estimate of drug-likeness (QED) is 0.825. The summed E-state index contributed by atoms with van der Waals surface area (Å²) in [4.78, 5) is 4.70. The van der Waals surface area contributed by atoms with Crippen molar-refractivity contribution in [1.29, 1.82) is 0 Å². The van der Waals surface area contributed by atoms with Crippen molar-refractivity contribution in [3.63, 3.8) is 0 Å². The van der Waals surface area contributed by atoms with E-state index in [2.05, 4.69) is 12.2 Å². The molecule has 2 aromatic rings. The van der Waals surface area contributed by atoms with Crippen LogP contribution in [0.2, 0.25) is 0 Å². The lowest BCUT2D eigenvalue weighted by Crippen LogP contribution is -2.30. The third-order valence-corrected chi connectivity index (χ3v) is 6.44. The molecule has 2 aliphatic rings. The summed E-state index contributed by atoms with van der Waals surface area (Å²) in [5, 5.41) is 8.31. The minimum atomic E-state index is -4.07. The van der Waals surface area contributed by atoms with Crippen LogP contribution in [-0.4, -0.2) is 33.9 Å². The van der Waals surface area contributed by atoms with Crippen LogP contribution in [0, 0.1) is 19.8 Å². The lowest BCUT2D eigenvalue weighted by atomic mass is 9.80. The zero-order valence-corrected chi connectivity index (χ0v) is 15.9. The van der Waals surface area contributed by atoms with Gasteiger partial charge in [0.1, 0.15) is 0 Å². The van der Waals surface area contributed by atoms with Gasteiger partial charge in [-0.1, -0.05) is 0 Å². The van der Waals surface area contributed by atoms with Crippen molar-refractivity contribution in [3.8, 4) is 0 Å². The Morgan fingerprint density at radius 1 is 1.07 bits per heavy atom. The molecule has 1 saturated heterocycles. The Bertz CT molecular complexity index is 813. The largest absolute Gasteiger partial charge is 0.391 e. The molecule has 0 unspecified atom stereocenters. The molecule has 27 heavy (non-hydrogen) atoms. The van der Waals surface area contributed by atoms with E-state index in [0.717, 1.165) is 43.0 Å². The molecule has 7 heteroatoms. The van der Waals surface area contributed by atoms with E-state index in [1.54, 1.807) is 0 Å². The van der Waals surface area contributed by atoms with Crippen LogP contribution >= 0.6 is 0 Å². The number of alkyl halides is 3. The average Bonchev–Trinajstić information content (AvgIpc) is 3.06. The van der Waals surface area contributed by atoms with Gasteiger partial charge in [-0.15, -0.1) is 0 Å². The van der Waals surface area contributed by atoms with Crippen LogP contribution in [-0.2, 0) is 0 Å². The number of hydrogen-bond donors (Lipinski definition) is 1. The predicted octanol–water partition coefficient (Wildman–Crippen LogP) is 4.65. The number of aromatic nitrogens is 3. The van der Waals surface area contributed by atoms with Crippen molar-refractivity contribution in [2.24, 2.45) is 5.92 Å². The summed E-state index contributed by atoms with van der Waals surface area (Å²) in [7, 11) is 0. The zero-order valence-electron chi connectivity index (χ0n) is 15.9. The summed E-state index contributed by atoms with van der Waals surface area (Å²) in [5.74, 6) is -0.655. The van der Waals surface area contributed by atoms with Gasteiger partial charge >= 0.3 is 6.18 Å². The Morgan fingerprint density at radius 2 is 1.81 bits per heavy atom. The maximum Gasteiger partial charge on any atom is 0.391 e. The number of rotatable bonds is 2. The molecule has 0 aromatic carbocycles. The highest BCUT2D eigenvalue weighted by Gasteiger charge is 2.42. The van der Waals surface area contributed by atoms with Crippen molar-refractivity contribution >= 4 is 5.65 Å². The summed E-state index contributed by atoms with van der Waals surface area (Å²) in [6.45, 7) is 6.11. The second kappa shape index (κ2) is 7.08. The third-order valence-electron chi connectivity index (χ3n) is 6.44. The second-order valence-corrected chi connectivity index (χ2v) is 8.18. The van der Waals surface area contributed by atoms with E-state index in [-0.39, 0.29) is 18.8 Å². The lowest BCUT2D eigenvalue weighted by Gasteiger charge is -2.28. The Labute approximate surface area is 157 Å². The first-order valence-corrected chi connectivity index (χ1v) is 9.98. The van der Waals surface area contributed by atoms with Crippen molar-refractivity contribution in [2.45, 2.75) is 70.4 Å². The topological polar surface area (TPSA) is 42.2 Å². The molecule has 0 radical (unpaired) electrons. The fourth-order valence-corrected chi connectivity index (χ4v) is 4.73. The molecule has 0 amide bonds. The van der Waals surface area contributed by atoms with Gasteiger partial charge in [0.25, 0.3) is 0 Å². The van der Waals surface area contributed by atoms with Gasteiger partial charge in [0.15, 0.2) is 5.65 Å². The van der Waals surface area contributed by atoms with Gasteiger partial charge in [0, 0.05) is 30.1 Å². The van der Waals surface area contributed by atoms with Crippen LogP contribution in [0.1, 0.15) is 73.0 Å². The fraction of sp³-hybridized carbons (Fsp3) is 0.700. The van der Waals surface area contributed by atoms with E-state index < -0.39 is 12.1 Å². The highest BCUT2D eigenvalue weighted by molar-refractivity contribution is 5.46. The Kier molecular flexibility index (Phi) is 4.91. The number of aryl methyl sites for hydroxylation is 1. The molecule has 4 rings (SSSR count). The molecule has 1 N–H and O–H groups in total. The van der Waals surface area contributed by atoms with Crippen molar-refractivity contribution in [1.82, 2.24) is 19.9 Å². The highest BCUT2D eigenvalue weighted by Crippen LogP contribution is 2.43. The maximum atomic E-state index is 13.0. The highest BCUT2D eigenvalue weighted by atomic mass is 19.4. The fourth-order valence-electron chi connectivity index (χ4n) is 4.73. The molecule has 1 atom stereocenters. The lowest BCUT2D eigenvalue weighted by molar-refractivity contribution is -0.182. The molecule has 1 aliphatic heterocycles. The molecule has 0 bridgehead atoms. The van der Waals surface area contributed by atoms with Crippen LogP contribution in [0.5, 0.6) is 0 Å². The van der Waals surface area contributed by atoms with E-state index in [4.69, 9.17) is 10.1 Å². The first-order valence-electron chi connectivity index (χ1n) is 9.98. The van der Waals surface area contributed by atoms with Gasteiger partial charge in [-0.2, -0.15) is 18.3 Å². The van der Waals surface area contributed by atoms with Gasteiger partial charge in [-0.3, -0.25) is 0 Å². The SMILES string of the molecule is Cc1nc2cc(C3CCC(C(F)(F)F)CC3)nn2c([C@@H]2CCCNC2)c1C. The Hall–Kier alpha value is -1.63. The van der Waals surface area contributed by atoms with Crippen molar-refractivity contribution in [2.75, 3.05) is 13.1 Å². The van der Waals surface area contributed by atoms with Crippen LogP contribution in [0.25, 0.3) is 5.65 Å². The predicted molar refractivity (Wildman–Crippen MR) is 98.1 cm³/mol. The summed E-state index contributed by atoms with van der Waals surface area (Å²) >= 11 is 0. The van der Waals surface area contributed by atoms with E-state index in [9.17, 15) is 13.2 Å². The van der Waals surface area contributed by atoms with Gasteiger partial charge in [0.05, 0.1) is 17.3 Å². The van der Waals surface area contributed by atoms with Gasteiger partial charge in [-0.05, 0) is 64.5 Å². The number of fused-ring (bicyclic) bond motifs is 1. The standard InChI is InChI=1S/C20H27F3N4/c1-12-13(2)25-18-10-17(14-5-7-16(8-6-14)20(21,22)23)26-27(18)19(12)15-4-3-9-24-11-15/h10,14-16,24H,3-9,11H2,1-2H3/t14?,15-,16?/m1/s1. The molecule has 2 fully saturated rings. The molecule has 148 valence electrons. The minimum absolute atomic E-state index is 0.100. The Morgan fingerprint density at radius 3 is 2.44 bits per heavy atom. The Balaban J connectivity index is 1.64.